The van der Waals surface area contributed by atoms with Gasteiger partial charge in [0.1, 0.15) is 5.82 Å². The normalized spacial score (nSPS) is 15.9. The number of carbonyl (C=O) groups is 2. The van der Waals surface area contributed by atoms with Crippen molar-refractivity contribution >= 4 is 46.5 Å². The van der Waals surface area contributed by atoms with Crippen LogP contribution in [0, 0.1) is 5.92 Å². The lowest BCUT2D eigenvalue weighted by Gasteiger charge is -2.32. The fourth-order valence-electron chi connectivity index (χ4n) is 3.75. The molecule has 1 unspecified atom stereocenters. The van der Waals surface area contributed by atoms with Crippen LogP contribution in [0.1, 0.15) is 25.2 Å². The van der Waals surface area contributed by atoms with Gasteiger partial charge in [0.25, 0.3) is 0 Å². The van der Waals surface area contributed by atoms with Crippen LogP contribution in [0.4, 0.5) is 11.5 Å². The number of pyridine rings is 1. The lowest BCUT2D eigenvalue weighted by molar-refractivity contribution is -0.122. The van der Waals surface area contributed by atoms with E-state index in [0.717, 1.165) is 25.2 Å². The number of oxazole rings is 1. The van der Waals surface area contributed by atoms with Crippen molar-refractivity contribution in [3.05, 3.63) is 58.7 Å². The van der Waals surface area contributed by atoms with Gasteiger partial charge in [0.15, 0.2) is 11.7 Å². The third-order valence-corrected chi connectivity index (χ3v) is 6.04. The van der Waals surface area contributed by atoms with Crippen molar-refractivity contribution < 1.29 is 14.0 Å². The molecule has 1 atom stereocenters. The summed E-state index contributed by atoms with van der Waals surface area (Å²) in [7, 11) is 0. The Kier molecular flexibility index (Phi) is 7.15. The largest absolute Gasteiger partial charge is 0.441 e. The molecule has 1 aliphatic rings. The maximum absolute atomic E-state index is 12.4. The van der Waals surface area contributed by atoms with E-state index < -0.39 is 0 Å². The SMILES string of the molecule is NC(=O)C1CCCN(c2ccc(NC(=O)CCc3ncc(-c4ccc(Cl)cc4Cl)o3)cn2)C1. The minimum atomic E-state index is -0.280. The van der Waals surface area contributed by atoms with Gasteiger partial charge >= 0.3 is 0 Å². The number of halogens is 2. The van der Waals surface area contributed by atoms with Crippen molar-refractivity contribution in [3.8, 4) is 11.3 Å². The molecule has 8 nitrogen and oxygen atoms in total. The number of rotatable bonds is 7. The predicted molar refractivity (Wildman–Crippen MR) is 127 cm³/mol. The standard InChI is InChI=1S/C23H23Cl2N5O3/c24-15-3-5-17(18(25)10-15)19-12-28-22(33-19)8-7-21(31)29-16-4-6-20(27-11-16)30-9-1-2-14(13-30)23(26)32/h3-6,10-12,14H,1-2,7-9,13H2,(H2,26,32)(H,29,31). The van der Waals surface area contributed by atoms with E-state index in [1.165, 1.54) is 0 Å². The topological polar surface area (TPSA) is 114 Å². The zero-order valence-electron chi connectivity index (χ0n) is 17.8. The summed E-state index contributed by atoms with van der Waals surface area (Å²) in [6.45, 7) is 1.38. The molecule has 0 spiro atoms. The highest BCUT2D eigenvalue weighted by atomic mass is 35.5. The molecule has 1 fully saturated rings. The van der Waals surface area contributed by atoms with Gasteiger partial charge in [-0.1, -0.05) is 23.2 Å². The first-order valence-electron chi connectivity index (χ1n) is 10.6. The Morgan fingerprint density at radius 1 is 1.18 bits per heavy atom. The van der Waals surface area contributed by atoms with E-state index in [0.29, 0.717) is 45.9 Å². The zero-order chi connectivity index (χ0) is 23.4. The fraction of sp³-hybridized carbons (Fsp3) is 0.304. The number of amides is 2. The smallest absolute Gasteiger partial charge is 0.224 e. The third kappa shape index (κ3) is 5.83. The van der Waals surface area contributed by atoms with Gasteiger partial charge in [-0.25, -0.2) is 9.97 Å². The van der Waals surface area contributed by atoms with Crippen molar-refractivity contribution in [1.82, 2.24) is 9.97 Å². The average molecular weight is 488 g/mol. The molecule has 0 aliphatic carbocycles. The fourth-order valence-corrected chi connectivity index (χ4v) is 4.25. The second kappa shape index (κ2) is 10.2. The van der Waals surface area contributed by atoms with E-state index in [9.17, 15) is 9.59 Å². The highest BCUT2D eigenvalue weighted by molar-refractivity contribution is 6.36. The third-order valence-electron chi connectivity index (χ3n) is 5.50. The second-order valence-corrected chi connectivity index (χ2v) is 8.73. The molecule has 0 bridgehead atoms. The number of anilines is 2. The summed E-state index contributed by atoms with van der Waals surface area (Å²) in [5.41, 5.74) is 6.72. The lowest BCUT2D eigenvalue weighted by Crippen LogP contribution is -2.41. The number of nitrogens with zero attached hydrogens (tertiary/aromatic N) is 3. The van der Waals surface area contributed by atoms with Crippen LogP contribution in [0.2, 0.25) is 10.0 Å². The number of piperidine rings is 1. The highest BCUT2D eigenvalue weighted by Crippen LogP contribution is 2.31. The summed E-state index contributed by atoms with van der Waals surface area (Å²) in [5.74, 6) is 1.09. The number of aryl methyl sites for hydroxylation is 1. The molecule has 3 N–H and O–H groups in total. The van der Waals surface area contributed by atoms with Crippen molar-refractivity contribution in [2.24, 2.45) is 11.7 Å². The number of hydrogen-bond donors (Lipinski definition) is 2. The first-order chi connectivity index (χ1) is 15.9. The summed E-state index contributed by atoms with van der Waals surface area (Å²) >= 11 is 12.1. The molecule has 0 saturated carbocycles. The Morgan fingerprint density at radius 3 is 2.76 bits per heavy atom. The monoisotopic (exact) mass is 487 g/mol. The van der Waals surface area contributed by atoms with E-state index in [1.807, 2.05) is 11.0 Å². The summed E-state index contributed by atoms with van der Waals surface area (Å²) < 4.78 is 5.73. The Bertz CT molecular complexity index is 1150. The molecule has 1 aliphatic heterocycles. The highest BCUT2D eigenvalue weighted by Gasteiger charge is 2.24. The van der Waals surface area contributed by atoms with Gasteiger partial charge in [0, 0.05) is 36.5 Å². The molecular formula is C23H23Cl2N5O3. The second-order valence-electron chi connectivity index (χ2n) is 7.88. The van der Waals surface area contributed by atoms with Gasteiger partial charge < -0.3 is 20.4 Å². The van der Waals surface area contributed by atoms with Crippen LogP contribution < -0.4 is 16.0 Å². The van der Waals surface area contributed by atoms with Gasteiger partial charge in [-0.2, -0.15) is 0 Å². The molecule has 2 aromatic heterocycles. The molecule has 3 heterocycles. The number of hydrogen-bond acceptors (Lipinski definition) is 6. The van der Waals surface area contributed by atoms with Crippen molar-refractivity contribution in [2.45, 2.75) is 25.7 Å². The summed E-state index contributed by atoms with van der Waals surface area (Å²) in [5, 5.41) is 3.83. The number of carbonyl (C=O) groups excluding carboxylic acids is 2. The van der Waals surface area contributed by atoms with E-state index in [-0.39, 0.29) is 24.2 Å². The molecule has 172 valence electrons. The first kappa shape index (κ1) is 23.1. The molecule has 10 heteroatoms. The summed E-state index contributed by atoms with van der Waals surface area (Å²) in [4.78, 5) is 34.5. The van der Waals surface area contributed by atoms with Crippen LogP contribution in [0.3, 0.4) is 0 Å². The van der Waals surface area contributed by atoms with Crippen LogP contribution in [0.5, 0.6) is 0 Å². The van der Waals surface area contributed by atoms with E-state index in [2.05, 4.69) is 15.3 Å². The molecule has 3 aromatic rings. The average Bonchev–Trinajstić information content (AvgIpc) is 3.27. The summed E-state index contributed by atoms with van der Waals surface area (Å²) in [6, 6.07) is 8.74. The van der Waals surface area contributed by atoms with E-state index >= 15 is 0 Å². The van der Waals surface area contributed by atoms with Crippen LogP contribution in [0.25, 0.3) is 11.3 Å². The lowest BCUT2D eigenvalue weighted by atomic mass is 9.97. The van der Waals surface area contributed by atoms with Crippen LogP contribution in [-0.4, -0.2) is 34.9 Å². The van der Waals surface area contributed by atoms with Gasteiger partial charge in [0.05, 0.1) is 29.0 Å². The molecule has 2 amide bonds. The quantitative estimate of drug-likeness (QED) is 0.512. The Morgan fingerprint density at radius 2 is 2.03 bits per heavy atom. The van der Waals surface area contributed by atoms with Crippen LogP contribution in [-0.2, 0) is 16.0 Å². The van der Waals surface area contributed by atoms with Gasteiger partial charge in [-0.05, 0) is 43.2 Å². The van der Waals surface area contributed by atoms with Gasteiger partial charge in [-0.3, -0.25) is 9.59 Å². The van der Waals surface area contributed by atoms with Gasteiger partial charge in [0.2, 0.25) is 11.8 Å². The molecule has 33 heavy (non-hydrogen) atoms. The van der Waals surface area contributed by atoms with E-state index in [1.54, 1.807) is 36.7 Å². The van der Waals surface area contributed by atoms with Crippen molar-refractivity contribution in [3.63, 3.8) is 0 Å². The zero-order valence-corrected chi connectivity index (χ0v) is 19.3. The Hall–Kier alpha value is -3.10. The Labute approximate surface area is 201 Å². The Balaban J connectivity index is 1.30. The molecular weight excluding hydrogens is 465 g/mol. The minimum Gasteiger partial charge on any atom is -0.441 e. The first-order valence-corrected chi connectivity index (χ1v) is 11.3. The van der Waals surface area contributed by atoms with Gasteiger partial charge in [-0.15, -0.1) is 0 Å². The summed E-state index contributed by atoms with van der Waals surface area (Å²) in [6.07, 6.45) is 5.41. The number of nitrogens with one attached hydrogen (secondary N) is 1. The minimum absolute atomic E-state index is 0.161. The number of primary amides is 1. The molecule has 0 radical (unpaired) electrons. The number of nitrogens with two attached hydrogens (primary N) is 1. The predicted octanol–water partition coefficient (Wildman–Crippen LogP) is 4.32. The van der Waals surface area contributed by atoms with Crippen molar-refractivity contribution in [2.75, 3.05) is 23.3 Å². The maximum atomic E-state index is 12.4. The van der Waals surface area contributed by atoms with Crippen LogP contribution >= 0.6 is 23.2 Å². The molecule has 1 saturated heterocycles. The van der Waals surface area contributed by atoms with E-state index in [4.69, 9.17) is 33.4 Å². The maximum Gasteiger partial charge on any atom is 0.224 e. The van der Waals surface area contributed by atoms with Crippen molar-refractivity contribution in [1.29, 1.82) is 0 Å². The number of benzene rings is 1. The van der Waals surface area contributed by atoms with Crippen LogP contribution in [0.15, 0.2) is 47.1 Å². The molecule has 4 rings (SSSR count). The number of aromatic nitrogens is 2. The molecule has 1 aromatic carbocycles.